The molecule has 7 nitrogen and oxygen atoms in total. The molecule has 1 saturated carbocycles. The highest BCUT2D eigenvalue weighted by Crippen LogP contribution is 2.33. The lowest BCUT2D eigenvalue weighted by molar-refractivity contribution is 0.282. The van der Waals surface area contributed by atoms with E-state index >= 15 is 0 Å². The van der Waals surface area contributed by atoms with Crippen molar-refractivity contribution in [2.45, 2.75) is 24.3 Å². The van der Waals surface area contributed by atoms with Crippen LogP contribution in [0, 0.1) is 5.92 Å². The first-order chi connectivity index (χ1) is 16.4. The first kappa shape index (κ1) is 22.3. The first-order valence-corrected chi connectivity index (χ1v) is 12.6. The van der Waals surface area contributed by atoms with Gasteiger partial charge in [0.2, 0.25) is 10.0 Å². The molecule has 0 bridgehead atoms. The number of sulfonamides is 1. The molecule has 0 unspecified atom stereocenters. The van der Waals surface area contributed by atoms with Crippen molar-refractivity contribution in [3.63, 3.8) is 0 Å². The van der Waals surface area contributed by atoms with Crippen LogP contribution in [0.25, 0.3) is 10.9 Å². The predicted octanol–water partition coefficient (Wildman–Crippen LogP) is 4.22. The summed E-state index contributed by atoms with van der Waals surface area (Å²) >= 11 is 0. The lowest BCUT2D eigenvalue weighted by atomic mass is 10.0. The Morgan fingerprint density at radius 2 is 1.76 bits per heavy atom. The summed E-state index contributed by atoms with van der Waals surface area (Å²) in [5, 5.41) is 20.8. The molecular formula is C26H25N3O4S. The summed E-state index contributed by atoms with van der Waals surface area (Å²) in [6.45, 7) is 0.372. The fraction of sp³-hybridized carbons (Fsp3) is 0.192. The number of rotatable bonds is 8. The van der Waals surface area contributed by atoms with Gasteiger partial charge in [-0.3, -0.25) is 0 Å². The Balaban J connectivity index is 1.64. The number of aromatic nitrogens is 1. The summed E-state index contributed by atoms with van der Waals surface area (Å²) in [6.07, 6.45) is 2.10. The van der Waals surface area contributed by atoms with Crippen LogP contribution in [-0.2, 0) is 16.6 Å². The van der Waals surface area contributed by atoms with Crippen molar-refractivity contribution in [1.29, 1.82) is 0 Å². The van der Waals surface area contributed by atoms with Gasteiger partial charge in [0, 0.05) is 23.0 Å². The molecule has 174 valence electrons. The molecular weight excluding hydrogens is 450 g/mol. The summed E-state index contributed by atoms with van der Waals surface area (Å²) in [5.74, 6) is 0.324. The van der Waals surface area contributed by atoms with E-state index in [1.165, 1.54) is 6.07 Å². The Hall–Kier alpha value is -3.46. The lowest BCUT2D eigenvalue weighted by Gasteiger charge is -2.09. The van der Waals surface area contributed by atoms with Crippen LogP contribution < -0.4 is 4.72 Å². The lowest BCUT2D eigenvalue weighted by Crippen LogP contribution is -2.25. The molecule has 0 amide bonds. The predicted molar refractivity (Wildman–Crippen MR) is 132 cm³/mol. The van der Waals surface area contributed by atoms with Crippen LogP contribution in [-0.4, -0.2) is 35.9 Å². The third-order valence-corrected chi connectivity index (χ3v) is 7.38. The fourth-order valence-electron chi connectivity index (χ4n) is 3.86. The topological polar surface area (TPSA) is 115 Å². The Morgan fingerprint density at radius 1 is 1.03 bits per heavy atom. The summed E-state index contributed by atoms with van der Waals surface area (Å²) in [6, 6.07) is 21.3. The molecule has 5 rings (SSSR count). The first-order valence-electron chi connectivity index (χ1n) is 11.1. The average molecular weight is 476 g/mol. The largest absolute Gasteiger partial charge is 0.494 e. The molecule has 1 aromatic heterocycles. The van der Waals surface area contributed by atoms with Crippen molar-refractivity contribution >= 4 is 32.3 Å². The van der Waals surface area contributed by atoms with Gasteiger partial charge in [0.05, 0.1) is 28.5 Å². The standard InChI is InChI=1S/C26H25N3O4S/c30-16-18-8-10-20(11-9-18)28-25(19-4-2-1-3-5-19)24-22-14-21(12-13-23(22)29-26(24)31)34(32,33)27-15-17-6-7-17/h1-5,8-14,17,27,29-31H,6-7,15-16H2. The molecule has 0 radical (unpaired) electrons. The number of nitrogens with zero attached hydrogens (tertiary/aromatic N) is 1. The molecule has 0 spiro atoms. The summed E-state index contributed by atoms with van der Waals surface area (Å²) < 4.78 is 28.5. The second-order valence-corrected chi connectivity index (χ2v) is 10.3. The maximum atomic E-state index is 12.9. The zero-order valence-electron chi connectivity index (χ0n) is 18.4. The number of aliphatic hydroxyl groups is 1. The number of benzene rings is 3. The van der Waals surface area contributed by atoms with Crippen molar-refractivity contribution in [1.82, 2.24) is 9.71 Å². The Labute approximate surface area is 197 Å². The van der Waals surface area contributed by atoms with Crippen molar-refractivity contribution in [3.8, 4) is 5.88 Å². The van der Waals surface area contributed by atoms with Gasteiger partial charge in [0.1, 0.15) is 0 Å². The average Bonchev–Trinajstić information content (AvgIpc) is 3.63. The van der Waals surface area contributed by atoms with E-state index in [1.54, 1.807) is 36.4 Å². The zero-order valence-corrected chi connectivity index (χ0v) is 19.2. The molecule has 1 aliphatic rings. The van der Waals surface area contributed by atoms with Crippen LogP contribution in [0.2, 0.25) is 0 Å². The molecule has 0 aliphatic heterocycles. The molecule has 1 fully saturated rings. The van der Waals surface area contributed by atoms with Crippen LogP contribution in [0.15, 0.2) is 82.7 Å². The minimum absolute atomic E-state index is 0.0647. The fourth-order valence-corrected chi connectivity index (χ4v) is 5.00. The number of hydrogen-bond acceptors (Lipinski definition) is 5. The quantitative estimate of drug-likeness (QED) is 0.286. The van der Waals surface area contributed by atoms with Gasteiger partial charge in [-0.05, 0) is 54.7 Å². The normalized spacial score (nSPS) is 14.6. The molecule has 8 heteroatoms. The molecule has 4 N–H and O–H groups in total. The highest BCUT2D eigenvalue weighted by Gasteiger charge is 2.25. The Kier molecular flexibility index (Phi) is 5.95. The third kappa shape index (κ3) is 4.61. The second kappa shape index (κ2) is 9.06. The van der Waals surface area contributed by atoms with Crippen LogP contribution in [0.3, 0.4) is 0 Å². The highest BCUT2D eigenvalue weighted by atomic mass is 32.2. The SMILES string of the molecule is O=S(=O)(NCC1CC1)c1ccc2[nH]c(O)c(C(=Nc3ccc(CO)cc3)c3ccccc3)c2c1. The molecule has 0 saturated heterocycles. The number of aliphatic imine (C=N–C) groups is 1. The van der Waals surface area contributed by atoms with Gasteiger partial charge in [-0.2, -0.15) is 0 Å². The van der Waals surface area contributed by atoms with E-state index in [4.69, 9.17) is 4.99 Å². The maximum Gasteiger partial charge on any atom is 0.240 e. The van der Waals surface area contributed by atoms with E-state index in [0.29, 0.717) is 40.3 Å². The summed E-state index contributed by atoms with van der Waals surface area (Å²) in [4.78, 5) is 7.89. The van der Waals surface area contributed by atoms with Gasteiger partial charge in [-0.15, -0.1) is 0 Å². The smallest absolute Gasteiger partial charge is 0.240 e. The molecule has 0 atom stereocenters. The number of aromatic hydroxyl groups is 1. The maximum absolute atomic E-state index is 12.9. The molecule has 3 aromatic carbocycles. The van der Waals surface area contributed by atoms with Crippen LogP contribution in [0.5, 0.6) is 5.88 Å². The number of aliphatic hydroxyl groups excluding tert-OH is 1. The van der Waals surface area contributed by atoms with Crippen molar-refractivity contribution in [3.05, 3.63) is 89.5 Å². The van der Waals surface area contributed by atoms with Gasteiger partial charge in [-0.25, -0.2) is 18.1 Å². The number of H-pyrrole nitrogens is 1. The van der Waals surface area contributed by atoms with E-state index in [0.717, 1.165) is 24.0 Å². The molecule has 1 heterocycles. The minimum atomic E-state index is -3.68. The Morgan fingerprint density at radius 3 is 2.44 bits per heavy atom. The van der Waals surface area contributed by atoms with Crippen LogP contribution >= 0.6 is 0 Å². The molecule has 34 heavy (non-hydrogen) atoms. The van der Waals surface area contributed by atoms with Crippen molar-refractivity contribution in [2.24, 2.45) is 10.9 Å². The Bertz CT molecular complexity index is 1460. The second-order valence-electron chi connectivity index (χ2n) is 8.50. The van der Waals surface area contributed by atoms with Gasteiger partial charge >= 0.3 is 0 Å². The third-order valence-electron chi connectivity index (χ3n) is 5.96. The number of aromatic amines is 1. The molecule has 1 aliphatic carbocycles. The zero-order chi connectivity index (χ0) is 23.7. The van der Waals surface area contributed by atoms with E-state index in [2.05, 4.69) is 9.71 Å². The van der Waals surface area contributed by atoms with Gasteiger partial charge in [0.25, 0.3) is 0 Å². The van der Waals surface area contributed by atoms with Crippen LogP contribution in [0.1, 0.15) is 29.5 Å². The highest BCUT2D eigenvalue weighted by molar-refractivity contribution is 7.89. The van der Waals surface area contributed by atoms with E-state index in [9.17, 15) is 18.6 Å². The molecule has 4 aromatic rings. The summed E-state index contributed by atoms with van der Waals surface area (Å²) in [7, 11) is -3.68. The number of nitrogens with one attached hydrogen (secondary N) is 2. The van der Waals surface area contributed by atoms with E-state index < -0.39 is 10.0 Å². The van der Waals surface area contributed by atoms with E-state index in [1.807, 2.05) is 30.3 Å². The monoisotopic (exact) mass is 475 g/mol. The van der Waals surface area contributed by atoms with Crippen LogP contribution in [0.4, 0.5) is 5.69 Å². The van der Waals surface area contributed by atoms with Gasteiger partial charge in [-0.1, -0.05) is 42.5 Å². The van der Waals surface area contributed by atoms with Gasteiger partial charge < -0.3 is 15.2 Å². The number of hydrogen-bond donors (Lipinski definition) is 4. The van der Waals surface area contributed by atoms with Crippen molar-refractivity contribution in [2.75, 3.05) is 6.54 Å². The van der Waals surface area contributed by atoms with E-state index in [-0.39, 0.29) is 17.4 Å². The number of fused-ring (bicyclic) bond motifs is 1. The minimum Gasteiger partial charge on any atom is -0.494 e. The van der Waals surface area contributed by atoms with Crippen molar-refractivity contribution < 1.29 is 18.6 Å². The van der Waals surface area contributed by atoms with Gasteiger partial charge in [0.15, 0.2) is 5.88 Å². The summed E-state index contributed by atoms with van der Waals surface area (Å²) in [5.41, 5.74) is 3.70.